The van der Waals surface area contributed by atoms with Crippen molar-refractivity contribution in [2.75, 3.05) is 31.1 Å². The molecule has 0 aliphatic carbocycles. The van der Waals surface area contributed by atoms with Crippen LogP contribution in [0.4, 0.5) is 0 Å². The summed E-state index contributed by atoms with van der Waals surface area (Å²) >= 11 is 2.10. The van der Waals surface area contributed by atoms with E-state index in [0.717, 1.165) is 12.6 Å². The van der Waals surface area contributed by atoms with E-state index in [2.05, 4.69) is 37.4 Å². The van der Waals surface area contributed by atoms with Gasteiger partial charge in [-0.3, -0.25) is 4.90 Å². The van der Waals surface area contributed by atoms with Gasteiger partial charge >= 0.3 is 0 Å². The van der Waals surface area contributed by atoms with Gasteiger partial charge < -0.3 is 5.73 Å². The largest absolute Gasteiger partial charge is 0.330 e. The second kappa shape index (κ2) is 6.87. The molecule has 1 rings (SSSR count). The molecule has 2 nitrogen and oxygen atoms in total. The molecule has 1 saturated heterocycles. The molecule has 0 aromatic heterocycles. The zero-order valence-corrected chi connectivity index (χ0v) is 12.0. The summed E-state index contributed by atoms with van der Waals surface area (Å²) in [6, 6.07) is 0.779. The van der Waals surface area contributed by atoms with Gasteiger partial charge in [-0.2, -0.15) is 11.8 Å². The summed E-state index contributed by atoms with van der Waals surface area (Å²) in [5, 5.41) is 0. The number of thioether (sulfide) groups is 1. The molecule has 1 heterocycles. The lowest BCUT2D eigenvalue weighted by Gasteiger charge is -2.33. The zero-order chi connectivity index (χ0) is 12.0. The van der Waals surface area contributed by atoms with Crippen molar-refractivity contribution in [1.82, 2.24) is 4.90 Å². The van der Waals surface area contributed by atoms with Gasteiger partial charge in [0.25, 0.3) is 0 Å². The fraction of sp³-hybridized carbons (Fsp3) is 1.00. The van der Waals surface area contributed by atoms with Crippen molar-refractivity contribution in [2.24, 2.45) is 11.1 Å². The third kappa shape index (κ3) is 5.07. The summed E-state index contributed by atoms with van der Waals surface area (Å²) in [7, 11) is 0. The zero-order valence-electron chi connectivity index (χ0n) is 11.2. The molecule has 0 amide bonds. The van der Waals surface area contributed by atoms with Crippen LogP contribution in [0.2, 0.25) is 0 Å². The van der Waals surface area contributed by atoms with Gasteiger partial charge in [-0.1, -0.05) is 20.3 Å². The van der Waals surface area contributed by atoms with Crippen molar-refractivity contribution >= 4 is 11.8 Å². The van der Waals surface area contributed by atoms with Gasteiger partial charge in [0.05, 0.1) is 0 Å². The molecule has 2 N–H and O–H groups in total. The standard InChI is InChI=1S/C13H28N2S/c1-12-10-16-9-8-15(12)7-5-4-6-13(2,3)11-14/h12H,4-11,14H2,1-3H3. The van der Waals surface area contributed by atoms with Crippen LogP contribution < -0.4 is 5.73 Å². The highest BCUT2D eigenvalue weighted by molar-refractivity contribution is 7.99. The van der Waals surface area contributed by atoms with Crippen molar-refractivity contribution in [3.05, 3.63) is 0 Å². The van der Waals surface area contributed by atoms with E-state index in [4.69, 9.17) is 5.73 Å². The average molecular weight is 244 g/mol. The van der Waals surface area contributed by atoms with Gasteiger partial charge in [-0.05, 0) is 38.3 Å². The van der Waals surface area contributed by atoms with Crippen LogP contribution in [0.1, 0.15) is 40.0 Å². The first kappa shape index (κ1) is 14.3. The Morgan fingerprint density at radius 2 is 2.12 bits per heavy atom. The van der Waals surface area contributed by atoms with Crippen LogP contribution in [-0.2, 0) is 0 Å². The fourth-order valence-corrected chi connectivity index (χ4v) is 3.20. The van der Waals surface area contributed by atoms with Crippen molar-refractivity contribution in [2.45, 2.75) is 46.1 Å². The van der Waals surface area contributed by atoms with E-state index in [1.165, 1.54) is 43.9 Å². The molecule has 0 aromatic rings. The van der Waals surface area contributed by atoms with E-state index in [1.807, 2.05) is 0 Å². The summed E-state index contributed by atoms with van der Waals surface area (Å²) in [6.45, 7) is 10.3. The summed E-state index contributed by atoms with van der Waals surface area (Å²) in [4.78, 5) is 2.64. The smallest absolute Gasteiger partial charge is 0.0158 e. The molecule has 1 fully saturated rings. The molecule has 16 heavy (non-hydrogen) atoms. The SMILES string of the molecule is CC1CSCCN1CCCCC(C)(C)CN. The van der Waals surface area contributed by atoms with E-state index >= 15 is 0 Å². The molecule has 0 bridgehead atoms. The molecule has 3 heteroatoms. The van der Waals surface area contributed by atoms with Crippen LogP contribution in [0.3, 0.4) is 0 Å². The second-order valence-electron chi connectivity index (χ2n) is 5.79. The highest BCUT2D eigenvalue weighted by Gasteiger charge is 2.19. The Hall–Kier alpha value is 0.270. The average Bonchev–Trinajstić information content (AvgIpc) is 2.27. The number of rotatable bonds is 6. The lowest BCUT2D eigenvalue weighted by Crippen LogP contribution is -2.40. The van der Waals surface area contributed by atoms with E-state index in [1.54, 1.807) is 0 Å². The van der Waals surface area contributed by atoms with Crippen LogP contribution in [0.5, 0.6) is 0 Å². The Morgan fingerprint density at radius 1 is 1.38 bits per heavy atom. The van der Waals surface area contributed by atoms with E-state index in [9.17, 15) is 0 Å². The number of nitrogens with zero attached hydrogens (tertiary/aromatic N) is 1. The molecule has 0 aromatic carbocycles. The number of hydrogen-bond acceptors (Lipinski definition) is 3. The maximum Gasteiger partial charge on any atom is 0.0158 e. The highest BCUT2D eigenvalue weighted by Crippen LogP contribution is 2.22. The van der Waals surface area contributed by atoms with Crippen molar-refractivity contribution in [3.63, 3.8) is 0 Å². The molecule has 1 aliphatic heterocycles. The van der Waals surface area contributed by atoms with Crippen molar-refractivity contribution in [1.29, 1.82) is 0 Å². The molecular weight excluding hydrogens is 216 g/mol. The van der Waals surface area contributed by atoms with Crippen LogP contribution >= 0.6 is 11.8 Å². The molecular formula is C13H28N2S. The maximum atomic E-state index is 5.74. The van der Waals surface area contributed by atoms with E-state index in [-0.39, 0.29) is 0 Å². The quantitative estimate of drug-likeness (QED) is 0.728. The lowest BCUT2D eigenvalue weighted by atomic mass is 9.87. The van der Waals surface area contributed by atoms with Gasteiger partial charge in [0.1, 0.15) is 0 Å². The Bertz CT molecular complexity index is 194. The first-order chi connectivity index (χ1) is 7.55. The Morgan fingerprint density at radius 3 is 2.75 bits per heavy atom. The molecule has 96 valence electrons. The van der Waals surface area contributed by atoms with Gasteiger partial charge in [0.15, 0.2) is 0 Å². The molecule has 0 radical (unpaired) electrons. The number of unbranched alkanes of at least 4 members (excludes halogenated alkanes) is 1. The molecule has 1 aliphatic rings. The minimum Gasteiger partial charge on any atom is -0.330 e. The van der Waals surface area contributed by atoms with Gasteiger partial charge in [-0.15, -0.1) is 0 Å². The third-order valence-corrected chi connectivity index (χ3v) is 4.80. The summed E-state index contributed by atoms with van der Waals surface area (Å²) in [6.07, 6.45) is 3.92. The summed E-state index contributed by atoms with van der Waals surface area (Å²) in [5.41, 5.74) is 6.08. The predicted molar refractivity (Wildman–Crippen MR) is 75.0 cm³/mol. The lowest BCUT2D eigenvalue weighted by molar-refractivity contribution is 0.221. The third-order valence-electron chi connectivity index (χ3n) is 3.61. The highest BCUT2D eigenvalue weighted by atomic mass is 32.2. The summed E-state index contributed by atoms with van der Waals surface area (Å²) in [5.74, 6) is 2.63. The van der Waals surface area contributed by atoms with E-state index in [0.29, 0.717) is 5.41 Å². The maximum absolute atomic E-state index is 5.74. The first-order valence-electron chi connectivity index (χ1n) is 6.57. The van der Waals surface area contributed by atoms with Gasteiger partial charge in [-0.25, -0.2) is 0 Å². The molecule has 0 spiro atoms. The van der Waals surface area contributed by atoms with Crippen LogP contribution in [0.15, 0.2) is 0 Å². The second-order valence-corrected chi connectivity index (χ2v) is 6.94. The van der Waals surface area contributed by atoms with Crippen molar-refractivity contribution < 1.29 is 0 Å². The van der Waals surface area contributed by atoms with Crippen LogP contribution in [0.25, 0.3) is 0 Å². The molecule has 1 unspecified atom stereocenters. The number of hydrogen-bond donors (Lipinski definition) is 1. The van der Waals surface area contributed by atoms with Crippen molar-refractivity contribution in [3.8, 4) is 0 Å². The Labute approximate surface area is 105 Å². The molecule has 0 saturated carbocycles. The Kier molecular flexibility index (Phi) is 6.16. The molecule has 1 atom stereocenters. The van der Waals surface area contributed by atoms with Crippen LogP contribution in [0, 0.1) is 5.41 Å². The normalized spacial score (nSPS) is 23.6. The van der Waals surface area contributed by atoms with Crippen LogP contribution in [-0.4, -0.2) is 42.1 Å². The topological polar surface area (TPSA) is 29.3 Å². The van der Waals surface area contributed by atoms with Gasteiger partial charge in [0.2, 0.25) is 0 Å². The fourth-order valence-electron chi connectivity index (χ4n) is 2.11. The predicted octanol–water partition coefficient (Wildman–Crippen LogP) is 2.58. The first-order valence-corrected chi connectivity index (χ1v) is 7.72. The monoisotopic (exact) mass is 244 g/mol. The van der Waals surface area contributed by atoms with E-state index < -0.39 is 0 Å². The number of nitrogens with two attached hydrogens (primary N) is 1. The minimum absolute atomic E-state index is 0.337. The minimum atomic E-state index is 0.337. The van der Waals surface area contributed by atoms with Gasteiger partial charge in [0, 0.05) is 24.1 Å². The summed E-state index contributed by atoms with van der Waals surface area (Å²) < 4.78 is 0. The Balaban J connectivity index is 2.10.